The van der Waals surface area contributed by atoms with Crippen LogP contribution in [0.4, 0.5) is 0 Å². The Morgan fingerprint density at radius 3 is 3.00 bits per heavy atom. The van der Waals surface area contributed by atoms with Crippen LogP contribution in [0.25, 0.3) is 10.9 Å². The van der Waals surface area contributed by atoms with E-state index >= 15 is 0 Å². The first-order valence-electron chi connectivity index (χ1n) is 6.85. The molecular formula is C16H16N4O. The van der Waals surface area contributed by atoms with Crippen LogP contribution in [0.1, 0.15) is 21.7 Å². The van der Waals surface area contributed by atoms with Crippen LogP contribution in [0, 0.1) is 6.92 Å². The highest BCUT2D eigenvalue weighted by Crippen LogP contribution is 2.16. The van der Waals surface area contributed by atoms with Gasteiger partial charge in [0.2, 0.25) is 0 Å². The number of rotatable bonds is 4. The van der Waals surface area contributed by atoms with Crippen molar-refractivity contribution >= 4 is 16.8 Å². The first-order chi connectivity index (χ1) is 10.2. The molecule has 2 heterocycles. The van der Waals surface area contributed by atoms with Crippen molar-refractivity contribution in [3.8, 4) is 0 Å². The van der Waals surface area contributed by atoms with Gasteiger partial charge in [-0.2, -0.15) is 0 Å². The number of aryl methyl sites for hydroxylation is 1. The molecule has 3 rings (SSSR count). The van der Waals surface area contributed by atoms with E-state index in [0.717, 1.165) is 17.6 Å². The molecule has 0 radical (unpaired) electrons. The molecule has 5 heteroatoms. The zero-order valence-corrected chi connectivity index (χ0v) is 11.8. The highest BCUT2D eigenvalue weighted by molar-refractivity contribution is 5.91. The SMILES string of the molecule is Cc1cc2cc(CCNC(=O)c3cnccn3)ccc2[nH]1. The molecule has 0 aliphatic heterocycles. The van der Waals surface area contributed by atoms with Gasteiger partial charge in [0.25, 0.3) is 5.91 Å². The molecule has 0 saturated carbocycles. The number of nitrogens with one attached hydrogen (secondary N) is 2. The lowest BCUT2D eigenvalue weighted by Crippen LogP contribution is -2.26. The van der Waals surface area contributed by atoms with Crippen LogP contribution in [-0.2, 0) is 6.42 Å². The smallest absolute Gasteiger partial charge is 0.271 e. The molecule has 2 N–H and O–H groups in total. The van der Waals surface area contributed by atoms with Crippen molar-refractivity contribution < 1.29 is 4.79 Å². The minimum absolute atomic E-state index is 0.193. The Kier molecular flexibility index (Phi) is 3.64. The normalized spacial score (nSPS) is 10.7. The van der Waals surface area contributed by atoms with Crippen LogP contribution in [-0.4, -0.2) is 27.4 Å². The zero-order valence-electron chi connectivity index (χ0n) is 11.8. The van der Waals surface area contributed by atoms with E-state index in [2.05, 4.69) is 44.5 Å². The molecule has 21 heavy (non-hydrogen) atoms. The van der Waals surface area contributed by atoms with Gasteiger partial charge in [0.15, 0.2) is 0 Å². The molecule has 1 amide bonds. The highest BCUT2D eigenvalue weighted by Gasteiger charge is 2.06. The molecule has 0 aliphatic rings. The van der Waals surface area contributed by atoms with Gasteiger partial charge in [0.1, 0.15) is 5.69 Å². The second-order valence-electron chi connectivity index (χ2n) is 4.97. The van der Waals surface area contributed by atoms with Crippen LogP contribution >= 0.6 is 0 Å². The third kappa shape index (κ3) is 3.08. The van der Waals surface area contributed by atoms with Crippen molar-refractivity contribution in [3.05, 3.63) is 59.8 Å². The van der Waals surface area contributed by atoms with Gasteiger partial charge in [0.05, 0.1) is 6.20 Å². The Labute approximate surface area is 122 Å². The van der Waals surface area contributed by atoms with Crippen LogP contribution in [0.5, 0.6) is 0 Å². The van der Waals surface area contributed by atoms with Gasteiger partial charge in [-0.1, -0.05) is 6.07 Å². The summed E-state index contributed by atoms with van der Waals surface area (Å²) in [5, 5.41) is 4.05. The molecule has 0 bridgehead atoms. The number of benzene rings is 1. The van der Waals surface area contributed by atoms with Crippen LogP contribution in [0.3, 0.4) is 0 Å². The van der Waals surface area contributed by atoms with Crippen molar-refractivity contribution in [2.75, 3.05) is 6.54 Å². The van der Waals surface area contributed by atoms with Crippen molar-refractivity contribution in [1.29, 1.82) is 0 Å². The van der Waals surface area contributed by atoms with Crippen molar-refractivity contribution in [2.24, 2.45) is 0 Å². The van der Waals surface area contributed by atoms with E-state index < -0.39 is 0 Å². The maximum absolute atomic E-state index is 11.8. The molecule has 1 aromatic carbocycles. The highest BCUT2D eigenvalue weighted by atomic mass is 16.1. The lowest BCUT2D eigenvalue weighted by atomic mass is 10.1. The van der Waals surface area contributed by atoms with E-state index in [1.54, 1.807) is 6.20 Å². The number of carbonyl (C=O) groups excluding carboxylic acids is 1. The number of carbonyl (C=O) groups is 1. The maximum Gasteiger partial charge on any atom is 0.271 e. The van der Waals surface area contributed by atoms with E-state index in [1.807, 2.05) is 6.92 Å². The summed E-state index contributed by atoms with van der Waals surface area (Å²) in [6, 6.07) is 8.42. The molecule has 5 nitrogen and oxygen atoms in total. The monoisotopic (exact) mass is 280 g/mol. The quantitative estimate of drug-likeness (QED) is 0.770. The lowest BCUT2D eigenvalue weighted by Gasteiger charge is -2.04. The van der Waals surface area contributed by atoms with E-state index in [0.29, 0.717) is 12.2 Å². The van der Waals surface area contributed by atoms with Gasteiger partial charge >= 0.3 is 0 Å². The maximum atomic E-state index is 11.8. The fourth-order valence-electron chi connectivity index (χ4n) is 2.31. The van der Waals surface area contributed by atoms with Gasteiger partial charge in [-0.3, -0.25) is 9.78 Å². The number of fused-ring (bicyclic) bond motifs is 1. The lowest BCUT2D eigenvalue weighted by molar-refractivity contribution is 0.0949. The molecule has 0 aliphatic carbocycles. The number of hydrogen-bond acceptors (Lipinski definition) is 3. The second-order valence-corrected chi connectivity index (χ2v) is 4.97. The van der Waals surface area contributed by atoms with Crippen LogP contribution in [0.15, 0.2) is 42.9 Å². The Morgan fingerprint density at radius 2 is 2.19 bits per heavy atom. The number of amides is 1. The number of hydrogen-bond donors (Lipinski definition) is 2. The number of H-pyrrole nitrogens is 1. The van der Waals surface area contributed by atoms with Crippen molar-refractivity contribution in [3.63, 3.8) is 0 Å². The van der Waals surface area contributed by atoms with Gasteiger partial charge < -0.3 is 10.3 Å². The third-order valence-electron chi connectivity index (χ3n) is 3.31. The van der Waals surface area contributed by atoms with E-state index in [9.17, 15) is 4.79 Å². The minimum atomic E-state index is -0.193. The first kappa shape index (κ1) is 13.3. The number of aromatic nitrogens is 3. The fourth-order valence-corrected chi connectivity index (χ4v) is 2.31. The summed E-state index contributed by atoms with van der Waals surface area (Å²) >= 11 is 0. The Balaban J connectivity index is 1.60. The standard InChI is InChI=1S/C16H16N4O/c1-11-8-13-9-12(2-3-14(13)20-11)4-5-19-16(21)15-10-17-6-7-18-15/h2-3,6-10,20H,4-5H2,1H3,(H,19,21). The summed E-state index contributed by atoms with van der Waals surface area (Å²) in [4.78, 5) is 23.0. The summed E-state index contributed by atoms with van der Waals surface area (Å²) in [5.74, 6) is -0.193. The number of nitrogens with zero attached hydrogens (tertiary/aromatic N) is 2. The molecule has 3 aromatic rings. The summed E-state index contributed by atoms with van der Waals surface area (Å²) < 4.78 is 0. The predicted molar refractivity (Wildman–Crippen MR) is 81.1 cm³/mol. The van der Waals surface area contributed by atoms with E-state index in [4.69, 9.17) is 0 Å². The molecule has 0 unspecified atom stereocenters. The Hall–Kier alpha value is -2.69. The zero-order chi connectivity index (χ0) is 14.7. The third-order valence-corrected chi connectivity index (χ3v) is 3.31. The molecule has 0 saturated heterocycles. The minimum Gasteiger partial charge on any atom is -0.359 e. The van der Waals surface area contributed by atoms with Gasteiger partial charge in [-0.05, 0) is 42.5 Å². The van der Waals surface area contributed by atoms with E-state index in [-0.39, 0.29) is 5.91 Å². The second kappa shape index (κ2) is 5.75. The van der Waals surface area contributed by atoms with Crippen LogP contribution < -0.4 is 5.32 Å². The Morgan fingerprint density at radius 1 is 1.29 bits per heavy atom. The van der Waals surface area contributed by atoms with Crippen LogP contribution in [0.2, 0.25) is 0 Å². The predicted octanol–water partition coefficient (Wildman–Crippen LogP) is 2.24. The fraction of sp³-hybridized carbons (Fsp3) is 0.188. The summed E-state index contributed by atoms with van der Waals surface area (Å²) in [6.45, 7) is 2.62. The Bertz CT molecular complexity index is 764. The molecule has 0 atom stereocenters. The van der Waals surface area contributed by atoms with Crippen molar-refractivity contribution in [2.45, 2.75) is 13.3 Å². The first-order valence-corrected chi connectivity index (χ1v) is 6.85. The molecule has 0 spiro atoms. The van der Waals surface area contributed by atoms with Gasteiger partial charge in [-0.25, -0.2) is 4.98 Å². The van der Waals surface area contributed by atoms with E-state index in [1.165, 1.54) is 23.3 Å². The molecular weight excluding hydrogens is 264 g/mol. The molecule has 0 fully saturated rings. The molecule has 106 valence electrons. The van der Waals surface area contributed by atoms with Gasteiger partial charge in [-0.15, -0.1) is 0 Å². The number of aromatic amines is 1. The summed E-state index contributed by atoms with van der Waals surface area (Å²) in [6.07, 6.45) is 5.30. The average molecular weight is 280 g/mol. The van der Waals surface area contributed by atoms with Gasteiger partial charge in [0, 0.05) is 30.1 Å². The average Bonchev–Trinajstić information content (AvgIpc) is 2.87. The molecule has 2 aromatic heterocycles. The topological polar surface area (TPSA) is 70.7 Å². The van der Waals surface area contributed by atoms with Crippen molar-refractivity contribution in [1.82, 2.24) is 20.3 Å². The summed E-state index contributed by atoms with van der Waals surface area (Å²) in [5.41, 5.74) is 3.83. The summed E-state index contributed by atoms with van der Waals surface area (Å²) in [7, 11) is 0. The largest absolute Gasteiger partial charge is 0.359 e.